The van der Waals surface area contributed by atoms with Crippen molar-refractivity contribution in [1.29, 1.82) is 0 Å². The molecule has 0 aromatic carbocycles. The van der Waals surface area contributed by atoms with Gasteiger partial charge in [-0.15, -0.1) is 0 Å². The minimum atomic E-state index is -1.45. The summed E-state index contributed by atoms with van der Waals surface area (Å²) in [6, 6.07) is 1.40. The number of aromatic nitrogens is 1. The zero-order chi connectivity index (χ0) is 15.1. The maximum Gasteiger partial charge on any atom is 0.405 e. The van der Waals surface area contributed by atoms with E-state index in [0.717, 1.165) is 21.6 Å². The van der Waals surface area contributed by atoms with Crippen molar-refractivity contribution in [2.75, 3.05) is 5.75 Å². The van der Waals surface area contributed by atoms with E-state index in [1.807, 2.05) is 5.32 Å². The lowest BCUT2D eigenvalue weighted by Crippen LogP contribution is -2.41. The Morgan fingerprint density at radius 1 is 1.50 bits per heavy atom. The first kappa shape index (κ1) is 16.0. The molecule has 1 rings (SSSR count). The van der Waals surface area contributed by atoms with Crippen LogP contribution in [0.15, 0.2) is 23.4 Å². The average Bonchev–Trinajstić information content (AvgIpc) is 2.37. The van der Waals surface area contributed by atoms with E-state index in [9.17, 15) is 19.7 Å². The SMILES string of the molecule is O=C(O)N[C@@H](CSSc1ncccc1[N+](=O)[O-])C(=O)O. The van der Waals surface area contributed by atoms with Crippen molar-refractivity contribution in [3.05, 3.63) is 28.4 Å². The van der Waals surface area contributed by atoms with E-state index < -0.39 is 23.0 Å². The Labute approximate surface area is 120 Å². The van der Waals surface area contributed by atoms with Crippen molar-refractivity contribution in [1.82, 2.24) is 10.3 Å². The fourth-order valence-corrected chi connectivity index (χ4v) is 3.27. The number of carboxylic acid groups (broad SMARTS) is 2. The number of carboxylic acids is 1. The smallest absolute Gasteiger partial charge is 0.405 e. The van der Waals surface area contributed by atoms with Crippen LogP contribution in [0.1, 0.15) is 0 Å². The Morgan fingerprint density at radius 2 is 2.20 bits per heavy atom. The van der Waals surface area contributed by atoms with Gasteiger partial charge in [0.1, 0.15) is 6.04 Å². The molecule has 20 heavy (non-hydrogen) atoms. The average molecular weight is 319 g/mol. The number of rotatable bonds is 7. The van der Waals surface area contributed by atoms with Gasteiger partial charge >= 0.3 is 17.7 Å². The predicted molar refractivity (Wildman–Crippen MR) is 71.8 cm³/mol. The van der Waals surface area contributed by atoms with Gasteiger partial charge in [-0.3, -0.25) is 10.1 Å². The number of carbonyl (C=O) groups is 2. The highest BCUT2D eigenvalue weighted by molar-refractivity contribution is 8.76. The van der Waals surface area contributed by atoms with Gasteiger partial charge in [0.05, 0.1) is 4.92 Å². The van der Waals surface area contributed by atoms with E-state index in [1.165, 1.54) is 18.3 Å². The minimum absolute atomic E-state index is 0.0972. The van der Waals surface area contributed by atoms with Crippen LogP contribution < -0.4 is 5.32 Å². The molecule has 0 aliphatic rings. The van der Waals surface area contributed by atoms with E-state index in [2.05, 4.69) is 4.98 Å². The molecule has 1 heterocycles. The van der Waals surface area contributed by atoms with Gasteiger partial charge in [0.25, 0.3) is 0 Å². The molecule has 0 unspecified atom stereocenters. The highest BCUT2D eigenvalue weighted by atomic mass is 33.1. The van der Waals surface area contributed by atoms with Gasteiger partial charge in [-0.05, 0) is 16.9 Å². The van der Waals surface area contributed by atoms with Crippen LogP contribution in [0.2, 0.25) is 0 Å². The molecule has 0 saturated heterocycles. The van der Waals surface area contributed by atoms with Crippen LogP contribution in [-0.4, -0.2) is 44.0 Å². The topological polar surface area (TPSA) is 143 Å². The Kier molecular flexibility index (Phi) is 6.06. The third-order valence-corrected chi connectivity index (χ3v) is 4.21. The zero-order valence-electron chi connectivity index (χ0n) is 9.75. The summed E-state index contributed by atoms with van der Waals surface area (Å²) < 4.78 is 0. The number of hydrogen-bond donors (Lipinski definition) is 3. The number of nitrogens with one attached hydrogen (secondary N) is 1. The van der Waals surface area contributed by atoms with Crippen LogP contribution >= 0.6 is 21.6 Å². The monoisotopic (exact) mass is 319 g/mol. The summed E-state index contributed by atoms with van der Waals surface area (Å²) in [4.78, 5) is 35.1. The van der Waals surface area contributed by atoms with Crippen LogP contribution in [0.5, 0.6) is 0 Å². The summed E-state index contributed by atoms with van der Waals surface area (Å²) in [6.07, 6.45) is -0.0770. The molecule has 0 radical (unpaired) electrons. The standard InChI is InChI=1S/C9H9N3O6S2/c13-8(14)5(11-9(15)16)4-19-20-7-6(12(17)18)2-1-3-10-7/h1-3,5,11H,4H2,(H,13,14)(H,15,16)/t5-/m0/s1. The van der Waals surface area contributed by atoms with Crippen molar-refractivity contribution in [3.8, 4) is 0 Å². The molecule has 0 fully saturated rings. The van der Waals surface area contributed by atoms with E-state index in [-0.39, 0.29) is 16.5 Å². The summed E-state index contributed by atoms with van der Waals surface area (Å²) in [5, 5.41) is 30.0. The van der Waals surface area contributed by atoms with Gasteiger partial charge < -0.3 is 15.5 Å². The van der Waals surface area contributed by atoms with Crippen molar-refractivity contribution >= 4 is 39.3 Å². The Hall–Kier alpha value is -2.01. The van der Waals surface area contributed by atoms with Gasteiger partial charge in [-0.1, -0.05) is 10.8 Å². The third-order valence-electron chi connectivity index (χ3n) is 1.92. The van der Waals surface area contributed by atoms with Crippen molar-refractivity contribution in [3.63, 3.8) is 0 Å². The summed E-state index contributed by atoms with van der Waals surface area (Å²) >= 11 is 0. The number of nitro groups is 1. The van der Waals surface area contributed by atoms with Gasteiger partial charge in [0.15, 0.2) is 5.03 Å². The highest BCUT2D eigenvalue weighted by Gasteiger charge is 2.21. The highest BCUT2D eigenvalue weighted by Crippen LogP contribution is 2.35. The lowest BCUT2D eigenvalue weighted by Gasteiger charge is -2.10. The number of aliphatic carboxylic acids is 1. The van der Waals surface area contributed by atoms with Gasteiger partial charge in [-0.2, -0.15) is 0 Å². The lowest BCUT2D eigenvalue weighted by molar-refractivity contribution is -0.388. The van der Waals surface area contributed by atoms with Crippen molar-refractivity contribution < 1.29 is 24.7 Å². The number of pyridine rings is 1. The Balaban J connectivity index is 2.61. The Morgan fingerprint density at radius 3 is 2.75 bits per heavy atom. The van der Waals surface area contributed by atoms with Gasteiger partial charge in [0.2, 0.25) is 0 Å². The largest absolute Gasteiger partial charge is 0.480 e. The second-order valence-electron chi connectivity index (χ2n) is 3.29. The fourth-order valence-electron chi connectivity index (χ4n) is 1.07. The van der Waals surface area contributed by atoms with Crippen molar-refractivity contribution in [2.45, 2.75) is 11.1 Å². The second kappa shape index (κ2) is 7.55. The molecule has 0 saturated carbocycles. The first-order valence-corrected chi connectivity index (χ1v) is 7.35. The normalized spacial score (nSPS) is 11.6. The predicted octanol–water partition coefficient (Wildman–Crippen LogP) is 1.45. The number of nitrogens with zero attached hydrogens (tertiary/aromatic N) is 2. The summed E-state index contributed by atoms with van der Waals surface area (Å²) in [6.45, 7) is 0. The molecule has 11 heteroatoms. The maximum atomic E-state index is 10.8. The maximum absolute atomic E-state index is 10.8. The fraction of sp³-hybridized carbons (Fsp3) is 0.222. The molecule has 108 valence electrons. The molecule has 1 atom stereocenters. The van der Waals surface area contributed by atoms with E-state index in [1.54, 1.807) is 0 Å². The number of hydrogen-bond acceptors (Lipinski definition) is 7. The van der Waals surface area contributed by atoms with Gasteiger partial charge in [-0.25, -0.2) is 14.6 Å². The lowest BCUT2D eigenvalue weighted by atomic mass is 10.3. The van der Waals surface area contributed by atoms with Crippen LogP contribution in [0.4, 0.5) is 10.5 Å². The first-order valence-electron chi connectivity index (χ1n) is 5.03. The molecule has 3 N–H and O–H groups in total. The molecule has 0 spiro atoms. The molecule has 0 aliphatic heterocycles. The molecule has 1 aromatic rings. The van der Waals surface area contributed by atoms with Crippen molar-refractivity contribution in [2.24, 2.45) is 0 Å². The minimum Gasteiger partial charge on any atom is -0.480 e. The van der Waals surface area contributed by atoms with Crippen LogP contribution in [-0.2, 0) is 4.79 Å². The van der Waals surface area contributed by atoms with Gasteiger partial charge in [0, 0.05) is 18.0 Å². The van der Waals surface area contributed by atoms with E-state index >= 15 is 0 Å². The molecule has 1 aromatic heterocycles. The van der Waals surface area contributed by atoms with Crippen LogP contribution in [0.25, 0.3) is 0 Å². The van der Waals surface area contributed by atoms with E-state index in [0.29, 0.717) is 0 Å². The molecular weight excluding hydrogens is 310 g/mol. The molecule has 1 amide bonds. The van der Waals surface area contributed by atoms with Crippen LogP contribution in [0.3, 0.4) is 0 Å². The quantitative estimate of drug-likeness (QED) is 0.386. The molecule has 0 aliphatic carbocycles. The molecule has 9 nitrogen and oxygen atoms in total. The zero-order valence-corrected chi connectivity index (χ0v) is 11.4. The first-order chi connectivity index (χ1) is 9.41. The second-order valence-corrected chi connectivity index (χ2v) is 5.62. The number of amides is 1. The summed E-state index contributed by atoms with van der Waals surface area (Å²) in [5.74, 6) is -1.42. The summed E-state index contributed by atoms with van der Waals surface area (Å²) in [7, 11) is 1.88. The Bertz CT molecular complexity index is 526. The van der Waals surface area contributed by atoms with E-state index in [4.69, 9.17) is 10.2 Å². The third kappa shape index (κ3) is 4.93. The van der Waals surface area contributed by atoms with Crippen LogP contribution in [0, 0.1) is 10.1 Å². The summed E-state index contributed by atoms with van der Waals surface area (Å²) in [5.41, 5.74) is -0.192. The molecule has 0 bridgehead atoms. The molecular formula is C9H9N3O6S2.